The van der Waals surface area contributed by atoms with Crippen molar-refractivity contribution >= 4 is 5.96 Å². The molecule has 1 aromatic rings. The van der Waals surface area contributed by atoms with E-state index in [4.69, 9.17) is 0 Å². The molecule has 0 radical (unpaired) electrons. The molecule has 1 atom stereocenters. The number of guanidine groups is 1. The lowest BCUT2D eigenvalue weighted by atomic mass is 10.1. The molecule has 8 heteroatoms. The van der Waals surface area contributed by atoms with Crippen LogP contribution in [0.15, 0.2) is 29.3 Å². The molecule has 2 rings (SSSR count). The summed E-state index contributed by atoms with van der Waals surface area (Å²) in [6, 6.07) is 5.18. The third-order valence-corrected chi connectivity index (χ3v) is 5.06. The van der Waals surface area contributed by atoms with Gasteiger partial charge < -0.3 is 20.4 Å². The number of alkyl halides is 3. The molecule has 1 unspecified atom stereocenters. The fourth-order valence-corrected chi connectivity index (χ4v) is 3.28. The van der Waals surface area contributed by atoms with E-state index in [9.17, 15) is 13.2 Å². The van der Waals surface area contributed by atoms with E-state index in [-0.39, 0.29) is 0 Å². The van der Waals surface area contributed by atoms with Crippen LogP contribution in [-0.4, -0.2) is 68.6 Å². The Morgan fingerprint density at radius 2 is 1.68 bits per heavy atom. The van der Waals surface area contributed by atoms with Crippen molar-refractivity contribution in [3.05, 3.63) is 35.4 Å². The first-order chi connectivity index (χ1) is 13.3. The van der Waals surface area contributed by atoms with Crippen LogP contribution in [0.5, 0.6) is 0 Å². The van der Waals surface area contributed by atoms with Gasteiger partial charge in [-0.1, -0.05) is 26.0 Å². The first kappa shape index (κ1) is 22.5. The van der Waals surface area contributed by atoms with Crippen molar-refractivity contribution in [2.45, 2.75) is 26.6 Å². The summed E-state index contributed by atoms with van der Waals surface area (Å²) >= 11 is 0. The summed E-state index contributed by atoms with van der Waals surface area (Å²) in [6.45, 7) is 12.3. The second kappa shape index (κ2) is 10.7. The standard InChI is InChI=1S/C20H32F3N5/c1-4-27-9-11-28(12-10-27)15-16(2)13-25-19(24-3)26-14-17-5-7-18(8-6-17)20(21,22)23/h5-8,16H,4,9-15H2,1-3H3,(H2,24,25,26). The maximum atomic E-state index is 12.6. The molecule has 5 nitrogen and oxygen atoms in total. The molecule has 158 valence electrons. The third kappa shape index (κ3) is 7.31. The Kier molecular flexibility index (Phi) is 8.57. The van der Waals surface area contributed by atoms with Crippen LogP contribution in [0.1, 0.15) is 25.0 Å². The van der Waals surface area contributed by atoms with Crippen LogP contribution in [0.4, 0.5) is 13.2 Å². The Morgan fingerprint density at radius 3 is 2.21 bits per heavy atom. The lowest BCUT2D eigenvalue weighted by Crippen LogP contribution is -2.48. The van der Waals surface area contributed by atoms with Crippen molar-refractivity contribution in [2.24, 2.45) is 10.9 Å². The minimum absolute atomic E-state index is 0.422. The fourth-order valence-electron chi connectivity index (χ4n) is 3.28. The normalized spacial score (nSPS) is 18.1. The Balaban J connectivity index is 1.71. The molecule has 0 amide bonds. The summed E-state index contributed by atoms with van der Waals surface area (Å²) < 4.78 is 37.9. The number of hydrogen-bond acceptors (Lipinski definition) is 3. The maximum absolute atomic E-state index is 12.6. The van der Waals surface area contributed by atoms with Gasteiger partial charge in [0, 0.05) is 52.9 Å². The van der Waals surface area contributed by atoms with E-state index in [1.807, 2.05) is 0 Å². The van der Waals surface area contributed by atoms with Gasteiger partial charge in [0.15, 0.2) is 5.96 Å². The van der Waals surface area contributed by atoms with E-state index in [0.717, 1.165) is 63.5 Å². The van der Waals surface area contributed by atoms with Crippen LogP contribution in [0.2, 0.25) is 0 Å². The summed E-state index contributed by atoms with van der Waals surface area (Å²) in [4.78, 5) is 9.16. The zero-order valence-corrected chi connectivity index (χ0v) is 17.0. The van der Waals surface area contributed by atoms with Crippen LogP contribution in [-0.2, 0) is 12.7 Å². The van der Waals surface area contributed by atoms with E-state index in [2.05, 4.69) is 39.3 Å². The molecule has 0 aromatic heterocycles. The van der Waals surface area contributed by atoms with Gasteiger partial charge in [0.05, 0.1) is 5.56 Å². The molecule has 0 spiro atoms. The third-order valence-electron chi connectivity index (χ3n) is 5.06. The highest BCUT2D eigenvalue weighted by molar-refractivity contribution is 5.79. The molecule has 1 aromatic carbocycles. The van der Waals surface area contributed by atoms with E-state index in [1.165, 1.54) is 12.1 Å². The van der Waals surface area contributed by atoms with Gasteiger partial charge in [0.1, 0.15) is 0 Å². The van der Waals surface area contributed by atoms with Gasteiger partial charge in [-0.25, -0.2) is 0 Å². The summed E-state index contributed by atoms with van der Waals surface area (Å²) in [5.74, 6) is 1.13. The van der Waals surface area contributed by atoms with Crippen LogP contribution < -0.4 is 10.6 Å². The largest absolute Gasteiger partial charge is 0.416 e. The Bertz CT molecular complexity index is 607. The highest BCUT2D eigenvalue weighted by atomic mass is 19.4. The molecular formula is C20H32F3N5. The van der Waals surface area contributed by atoms with E-state index in [0.29, 0.717) is 18.4 Å². The zero-order valence-electron chi connectivity index (χ0n) is 17.0. The van der Waals surface area contributed by atoms with Crippen LogP contribution in [0.3, 0.4) is 0 Å². The number of piperazine rings is 1. The molecule has 1 aliphatic rings. The average Bonchev–Trinajstić information content (AvgIpc) is 2.68. The van der Waals surface area contributed by atoms with E-state index < -0.39 is 11.7 Å². The van der Waals surface area contributed by atoms with Crippen molar-refractivity contribution in [1.29, 1.82) is 0 Å². The van der Waals surface area contributed by atoms with Crippen molar-refractivity contribution in [3.8, 4) is 0 Å². The summed E-state index contributed by atoms with van der Waals surface area (Å²) in [7, 11) is 1.69. The van der Waals surface area contributed by atoms with Gasteiger partial charge in [-0.05, 0) is 30.2 Å². The molecule has 0 bridgehead atoms. The quantitative estimate of drug-likeness (QED) is 0.547. The smallest absolute Gasteiger partial charge is 0.356 e. The number of halogens is 3. The highest BCUT2D eigenvalue weighted by Gasteiger charge is 2.29. The number of rotatable bonds is 7. The van der Waals surface area contributed by atoms with Crippen molar-refractivity contribution in [2.75, 3.05) is 52.9 Å². The maximum Gasteiger partial charge on any atom is 0.416 e. The van der Waals surface area contributed by atoms with E-state index >= 15 is 0 Å². The molecule has 1 aliphatic heterocycles. The second-order valence-electron chi connectivity index (χ2n) is 7.34. The number of benzene rings is 1. The minimum Gasteiger partial charge on any atom is -0.356 e. The van der Waals surface area contributed by atoms with Gasteiger partial charge in [0.2, 0.25) is 0 Å². The molecule has 2 N–H and O–H groups in total. The van der Waals surface area contributed by atoms with Crippen molar-refractivity contribution in [3.63, 3.8) is 0 Å². The molecular weight excluding hydrogens is 367 g/mol. The number of aliphatic imine (C=N–C) groups is 1. The number of nitrogens with zero attached hydrogens (tertiary/aromatic N) is 3. The minimum atomic E-state index is -4.30. The molecule has 28 heavy (non-hydrogen) atoms. The van der Waals surface area contributed by atoms with Gasteiger partial charge in [-0.15, -0.1) is 0 Å². The summed E-state index contributed by atoms with van der Waals surface area (Å²) in [5, 5.41) is 6.46. The Morgan fingerprint density at radius 1 is 1.07 bits per heavy atom. The van der Waals surface area contributed by atoms with Gasteiger partial charge in [-0.3, -0.25) is 4.99 Å². The molecule has 0 aliphatic carbocycles. The summed E-state index contributed by atoms with van der Waals surface area (Å²) in [6.07, 6.45) is -4.30. The predicted octanol–water partition coefficient (Wildman–Crippen LogP) is 2.64. The molecule has 1 fully saturated rings. The van der Waals surface area contributed by atoms with Crippen LogP contribution >= 0.6 is 0 Å². The van der Waals surface area contributed by atoms with Crippen molar-refractivity contribution in [1.82, 2.24) is 20.4 Å². The summed E-state index contributed by atoms with van der Waals surface area (Å²) in [5.41, 5.74) is 0.144. The average molecular weight is 400 g/mol. The Labute approximate surface area is 166 Å². The lowest BCUT2D eigenvalue weighted by molar-refractivity contribution is -0.137. The molecule has 1 heterocycles. The lowest BCUT2D eigenvalue weighted by Gasteiger charge is -2.35. The van der Waals surface area contributed by atoms with Crippen LogP contribution in [0.25, 0.3) is 0 Å². The topological polar surface area (TPSA) is 42.9 Å². The molecule has 1 saturated heterocycles. The number of likely N-dealkylation sites (N-methyl/N-ethyl adjacent to an activating group) is 1. The van der Waals surface area contributed by atoms with Gasteiger partial charge >= 0.3 is 6.18 Å². The highest BCUT2D eigenvalue weighted by Crippen LogP contribution is 2.29. The number of nitrogens with one attached hydrogen (secondary N) is 2. The van der Waals surface area contributed by atoms with E-state index in [1.54, 1.807) is 7.05 Å². The zero-order chi connectivity index (χ0) is 20.6. The first-order valence-electron chi connectivity index (χ1n) is 9.87. The number of hydrogen-bond donors (Lipinski definition) is 2. The van der Waals surface area contributed by atoms with Gasteiger partial charge in [0.25, 0.3) is 0 Å². The first-order valence-corrected chi connectivity index (χ1v) is 9.87. The van der Waals surface area contributed by atoms with Gasteiger partial charge in [-0.2, -0.15) is 13.2 Å². The Hall–Kier alpha value is -1.80. The van der Waals surface area contributed by atoms with Crippen molar-refractivity contribution < 1.29 is 13.2 Å². The SMILES string of the molecule is CCN1CCN(CC(C)CNC(=NC)NCc2ccc(C(F)(F)F)cc2)CC1. The predicted molar refractivity (Wildman–Crippen MR) is 107 cm³/mol. The molecule has 0 saturated carbocycles. The monoisotopic (exact) mass is 399 g/mol. The van der Waals surface area contributed by atoms with Crippen LogP contribution in [0, 0.1) is 5.92 Å². The fraction of sp³-hybridized carbons (Fsp3) is 0.650. The second-order valence-corrected chi connectivity index (χ2v) is 7.34.